The highest BCUT2D eigenvalue weighted by atomic mass is 16.5. The molecule has 18 heavy (non-hydrogen) atoms. The van der Waals surface area contributed by atoms with Gasteiger partial charge in [0.15, 0.2) is 0 Å². The zero-order valence-electron chi connectivity index (χ0n) is 11.5. The summed E-state index contributed by atoms with van der Waals surface area (Å²) in [5.41, 5.74) is 0. The molecule has 2 aliphatic rings. The van der Waals surface area contributed by atoms with Crippen molar-refractivity contribution in [2.75, 3.05) is 33.8 Å². The lowest BCUT2D eigenvalue weighted by Gasteiger charge is -2.29. The summed E-state index contributed by atoms with van der Waals surface area (Å²) in [5, 5.41) is 9.80. The molecule has 0 spiro atoms. The van der Waals surface area contributed by atoms with E-state index in [0.717, 1.165) is 13.0 Å². The van der Waals surface area contributed by atoms with E-state index < -0.39 is 0 Å². The number of likely N-dealkylation sites (tertiary alicyclic amines) is 1. The van der Waals surface area contributed by atoms with Crippen LogP contribution in [0.1, 0.15) is 19.8 Å². The van der Waals surface area contributed by atoms with Gasteiger partial charge in [-0.1, -0.05) is 0 Å². The fraction of sp³-hybridized carbons (Fsp3) is 0.923. The van der Waals surface area contributed by atoms with Crippen LogP contribution in [0, 0.1) is 5.92 Å². The second kappa shape index (κ2) is 5.55. The molecule has 104 valence electrons. The topological polar surface area (TPSA) is 53.0 Å². The molecule has 5 heteroatoms. The van der Waals surface area contributed by atoms with Gasteiger partial charge in [-0.25, -0.2) is 0 Å². The van der Waals surface area contributed by atoms with Gasteiger partial charge in [-0.3, -0.25) is 4.79 Å². The van der Waals surface area contributed by atoms with Crippen LogP contribution in [0.3, 0.4) is 0 Å². The molecule has 2 rings (SSSR count). The number of hydrogen-bond acceptors (Lipinski definition) is 4. The Morgan fingerprint density at radius 2 is 2.22 bits per heavy atom. The van der Waals surface area contributed by atoms with E-state index in [9.17, 15) is 9.90 Å². The van der Waals surface area contributed by atoms with Gasteiger partial charge in [0.2, 0.25) is 5.91 Å². The summed E-state index contributed by atoms with van der Waals surface area (Å²) in [6.07, 6.45) is 1.12. The number of rotatable bonds is 3. The second-order valence-corrected chi connectivity index (χ2v) is 5.77. The summed E-state index contributed by atoms with van der Waals surface area (Å²) in [6.45, 7) is 3.92. The van der Waals surface area contributed by atoms with Gasteiger partial charge in [0.1, 0.15) is 0 Å². The van der Waals surface area contributed by atoms with E-state index in [1.165, 1.54) is 0 Å². The Labute approximate surface area is 109 Å². The maximum atomic E-state index is 12.5. The smallest absolute Gasteiger partial charge is 0.228 e. The molecule has 2 aliphatic heterocycles. The van der Waals surface area contributed by atoms with Crippen LogP contribution >= 0.6 is 0 Å². The van der Waals surface area contributed by atoms with Crippen molar-refractivity contribution < 1.29 is 14.6 Å². The average molecular weight is 256 g/mol. The molecular weight excluding hydrogens is 232 g/mol. The van der Waals surface area contributed by atoms with Crippen LogP contribution in [0.15, 0.2) is 0 Å². The quantitative estimate of drug-likeness (QED) is 0.768. The second-order valence-electron chi connectivity index (χ2n) is 5.77. The Kier molecular flexibility index (Phi) is 4.25. The molecule has 0 aromatic heterocycles. The fourth-order valence-electron chi connectivity index (χ4n) is 3.03. The van der Waals surface area contributed by atoms with Gasteiger partial charge in [-0.05, 0) is 33.9 Å². The third-order valence-corrected chi connectivity index (χ3v) is 3.94. The van der Waals surface area contributed by atoms with Crippen LogP contribution in [-0.2, 0) is 9.53 Å². The van der Waals surface area contributed by atoms with Gasteiger partial charge >= 0.3 is 0 Å². The molecule has 1 amide bonds. The predicted octanol–water partition coefficient (Wildman–Crippen LogP) is -0.0652. The minimum absolute atomic E-state index is 0.00949. The zero-order chi connectivity index (χ0) is 13.3. The number of hydrogen-bond donors (Lipinski definition) is 1. The Morgan fingerprint density at radius 3 is 2.78 bits per heavy atom. The number of aliphatic hydroxyl groups excluding tert-OH is 1. The Hall–Kier alpha value is -0.650. The molecule has 0 bridgehead atoms. The van der Waals surface area contributed by atoms with Gasteiger partial charge < -0.3 is 19.6 Å². The van der Waals surface area contributed by atoms with E-state index in [-0.39, 0.29) is 30.1 Å². The van der Waals surface area contributed by atoms with Crippen LogP contribution in [0.25, 0.3) is 0 Å². The van der Waals surface area contributed by atoms with E-state index in [1.54, 1.807) is 0 Å². The number of carbonyl (C=O) groups is 1. The highest BCUT2D eigenvalue weighted by molar-refractivity contribution is 5.80. The fourth-order valence-corrected chi connectivity index (χ4v) is 3.03. The van der Waals surface area contributed by atoms with Gasteiger partial charge in [-0.15, -0.1) is 0 Å². The van der Waals surface area contributed by atoms with Crippen molar-refractivity contribution in [3.8, 4) is 0 Å². The van der Waals surface area contributed by atoms with Crippen molar-refractivity contribution in [2.24, 2.45) is 5.92 Å². The summed E-state index contributed by atoms with van der Waals surface area (Å²) >= 11 is 0. The van der Waals surface area contributed by atoms with E-state index in [2.05, 4.69) is 4.90 Å². The number of likely N-dealkylation sites (N-methyl/N-ethyl adjacent to an activating group) is 1. The summed E-state index contributed by atoms with van der Waals surface area (Å²) in [4.78, 5) is 16.4. The largest absolute Gasteiger partial charge is 0.391 e. The van der Waals surface area contributed by atoms with E-state index in [0.29, 0.717) is 19.6 Å². The van der Waals surface area contributed by atoms with Crippen molar-refractivity contribution >= 4 is 5.91 Å². The summed E-state index contributed by atoms with van der Waals surface area (Å²) < 4.78 is 5.47. The highest BCUT2D eigenvalue weighted by Gasteiger charge is 2.40. The summed E-state index contributed by atoms with van der Waals surface area (Å²) in [7, 11) is 3.99. The first-order valence-electron chi connectivity index (χ1n) is 6.74. The number of ether oxygens (including phenoxy) is 1. The van der Waals surface area contributed by atoms with E-state index in [1.807, 2.05) is 25.9 Å². The molecule has 2 heterocycles. The standard InChI is InChI=1S/C13H24N2O3/c1-9-12(4-5-18-9)13(17)15-8-11(16)6-10(15)7-14(2)3/h9-12,16H,4-8H2,1-3H3. The maximum absolute atomic E-state index is 12.5. The Balaban J connectivity index is 2.03. The number of β-amino-alcohol motifs (C(OH)–C–C–N with tert-alkyl or cyclic N) is 1. The molecule has 5 nitrogen and oxygen atoms in total. The minimum atomic E-state index is -0.378. The highest BCUT2D eigenvalue weighted by Crippen LogP contribution is 2.27. The summed E-state index contributed by atoms with van der Waals surface area (Å²) in [5.74, 6) is 0.128. The molecule has 0 saturated carbocycles. The van der Waals surface area contributed by atoms with Gasteiger partial charge in [0.05, 0.1) is 18.1 Å². The first-order chi connectivity index (χ1) is 8.49. The molecule has 4 unspecified atom stereocenters. The Morgan fingerprint density at radius 1 is 1.50 bits per heavy atom. The van der Waals surface area contributed by atoms with Crippen LogP contribution in [0.5, 0.6) is 0 Å². The van der Waals surface area contributed by atoms with Crippen LogP contribution < -0.4 is 0 Å². The molecular formula is C13H24N2O3. The predicted molar refractivity (Wildman–Crippen MR) is 68.2 cm³/mol. The molecule has 0 radical (unpaired) electrons. The van der Waals surface area contributed by atoms with Crippen LogP contribution in [-0.4, -0.2) is 72.9 Å². The molecule has 4 atom stereocenters. The third kappa shape index (κ3) is 2.84. The molecule has 0 aromatic carbocycles. The normalized spacial score (nSPS) is 36.6. The van der Waals surface area contributed by atoms with Crippen molar-refractivity contribution in [1.29, 1.82) is 0 Å². The maximum Gasteiger partial charge on any atom is 0.228 e. The molecule has 0 aliphatic carbocycles. The van der Waals surface area contributed by atoms with Gasteiger partial charge in [0, 0.05) is 25.7 Å². The molecule has 1 N–H and O–H groups in total. The van der Waals surface area contributed by atoms with E-state index >= 15 is 0 Å². The lowest BCUT2D eigenvalue weighted by atomic mass is 10.0. The van der Waals surface area contributed by atoms with Crippen molar-refractivity contribution in [2.45, 2.75) is 38.0 Å². The molecule has 0 aromatic rings. The van der Waals surface area contributed by atoms with Crippen LogP contribution in [0.2, 0.25) is 0 Å². The van der Waals surface area contributed by atoms with Crippen molar-refractivity contribution in [3.63, 3.8) is 0 Å². The number of amides is 1. The number of aliphatic hydroxyl groups is 1. The lowest BCUT2D eigenvalue weighted by Crippen LogP contribution is -2.45. The zero-order valence-corrected chi connectivity index (χ0v) is 11.5. The minimum Gasteiger partial charge on any atom is -0.391 e. The molecule has 2 fully saturated rings. The summed E-state index contributed by atoms with van der Waals surface area (Å²) in [6, 6.07) is 0.135. The first kappa shape index (κ1) is 13.8. The van der Waals surface area contributed by atoms with E-state index in [4.69, 9.17) is 4.74 Å². The lowest BCUT2D eigenvalue weighted by molar-refractivity contribution is -0.138. The monoisotopic (exact) mass is 256 g/mol. The Bertz CT molecular complexity index is 309. The van der Waals surface area contributed by atoms with Gasteiger partial charge in [-0.2, -0.15) is 0 Å². The SMILES string of the molecule is CC1OCCC1C(=O)N1CC(O)CC1CN(C)C. The molecule has 2 saturated heterocycles. The van der Waals surface area contributed by atoms with Gasteiger partial charge in [0.25, 0.3) is 0 Å². The average Bonchev–Trinajstić information content (AvgIpc) is 2.83. The third-order valence-electron chi connectivity index (χ3n) is 3.94. The number of nitrogens with zero attached hydrogens (tertiary/aromatic N) is 2. The first-order valence-corrected chi connectivity index (χ1v) is 6.74. The van der Waals surface area contributed by atoms with Crippen LogP contribution in [0.4, 0.5) is 0 Å². The van der Waals surface area contributed by atoms with Crippen molar-refractivity contribution in [1.82, 2.24) is 9.80 Å². The number of carbonyl (C=O) groups excluding carboxylic acids is 1. The van der Waals surface area contributed by atoms with Crippen molar-refractivity contribution in [3.05, 3.63) is 0 Å².